The van der Waals surface area contributed by atoms with Crippen LogP contribution in [0.3, 0.4) is 0 Å². The molecule has 0 saturated heterocycles. The molecule has 2 rings (SSSR count). The Morgan fingerprint density at radius 1 is 1.29 bits per heavy atom. The van der Waals surface area contributed by atoms with E-state index in [1.807, 2.05) is 26.0 Å². The number of aryl methyl sites for hydroxylation is 1. The molecule has 4 heteroatoms. The fourth-order valence-electron chi connectivity index (χ4n) is 1.42. The van der Waals surface area contributed by atoms with Crippen molar-refractivity contribution in [3.8, 4) is 11.6 Å². The zero-order chi connectivity index (χ0) is 12.4. The first-order valence-electron chi connectivity index (χ1n) is 5.13. The molecule has 0 spiro atoms. The third-order valence-corrected chi connectivity index (χ3v) is 2.97. The van der Waals surface area contributed by atoms with E-state index in [1.165, 1.54) is 12.3 Å². The number of halogens is 2. The predicted molar refractivity (Wildman–Crippen MR) is 67.9 cm³/mol. The maximum Gasteiger partial charge on any atom is 0.255 e. The molecule has 0 amide bonds. The second-order valence-corrected chi connectivity index (χ2v) is 4.66. The number of nitrogens with zero attached hydrogens (tertiary/aromatic N) is 1. The molecule has 2 nitrogen and oxygen atoms in total. The second-order valence-electron chi connectivity index (χ2n) is 3.74. The standard InChI is InChI=1S/C13H11BrFNO/c1-8-4-3-5-12(9(8)2)17-13-11(15)6-10(14)7-16-13/h3-7H,1-2H3. The molecule has 0 N–H and O–H groups in total. The lowest BCUT2D eigenvalue weighted by molar-refractivity contribution is 0.419. The van der Waals surface area contributed by atoms with E-state index < -0.39 is 5.82 Å². The topological polar surface area (TPSA) is 22.1 Å². The van der Waals surface area contributed by atoms with Crippen molar-refractivity contribution in [2.24, 2.45) is 0 Å². The quantitative estimate of drug-likeness (QED) is 0.820. The van der Waals surface area contributed by atoms with Crippen LogP contribution in [0, 0.1) is 19.7 Å². The summed E-state index contributed by atoms with van der Waals surface area (Å²) in [6, 6.07) is 6.97. The molecule has 17 heavy (non-hydrogen) atoms. The fraction of sp³-hybridized carbons (Fsp3) is 0.154. The molecule has 0 bridgehead atoms. The lowest BCUT2D eigenvalue weighted by atomic mass is 10.1. The Bertz CT molecular complexity index is 557. The van der Waals surface area contributed by atoms with E-state index >= 15 is 0 Å². The number of hydrogen-bond donors (Lipinski definition) is 0. The summed E-state index contributed by atoms with van der Waals surface area (Å²) < 4.78 is 19.6. The minimum absolute atomic E-state index is 0.0121. The summed E-state index contributed by atoms with van der Waals surface area (Å²) in [5.41, 5.74) is 2.08. The van der Waals surface area contributed by atoms with Crippen molar-refractivity contribution in [3.63, 3.8) is 0 Å². The lowest BCUT2D eigenvalue weighted by Crippen LogP contribution is -1.94. The second kappa shape index (κ2) is 4.84. The van der Waals surface area contributed by atoms with E-state index in [2.05, 4.69) is 20.9 Å². The number of rotatable bonds is 2. The zero-order valence-corrected chi connectivity index (χ0v) is 11.1. The van der Waals surface area contributed by atoms with Crippen LogP contribution in [0.2, 0.25) is 0 Å². The Labute approximate surface area is 108 Å². The van der Waals surface area contributed by atoms with Crippen molar-refractivity contribution in [3.05, 3.63) is 51.9 Å². The highest BCUT2D eigenvalue weighted by molar-refractivity contribution is 9.10. The Balaban J connectivity index is 2.35. The summed E-state index contributed by atoms with van der Waals surface area (Å²) in [4.78, 5) is 3.90. The molecule has 1 aromatic carbocycles. The van der Waals surface area contributed by atoms with Crippen LogP contribution in [0.5, 0.6) is 11.6 Å². The summed E-state index contributed by atoms with van der Waals surface area (Å²) >= 11 is 3.15. The van der Waals surface area contributed by atoms with Gasteiger partial charge in [-0.3, -0.25) is 0 Å². The number of benzene rings is 1. The van der Waals surface area contributed by atoms with E-state index in [-0.39, 0.29) is 5.88 Å². The van der Waals surface area contributed by atoms with Gasteiger partial charge in [0, 0.05) is 10.7 Å². The first-order valence-corrected chi connectivity index (χ1v) is 5.92. The SMILES string of the molecule is Cc1cccc(Oc2ncc(Br)cc2F)c1C. The Morgan fingerprint density at radius 2 is 2.06 bits per heavy atom. The van der Waals surface area contributed by atoms with Crippen LogP contribution in [0.15, 0.2) is 34.9 Å². The van der Waals surface area contributed by atoms with Crippen LogP contribution >= 0.6 is 15.9 Å². The summed E-state index contributed by atoms with van der Waals surface area (Å²) in [5, 5.41) is 0. The molecule has 0 aliphatic carbocycles. The summed E-state index contributed by atoms with van der Waals surface area (Å²) in [6.45, 7) is 3.91. The van der Waals surface area contributed by atoms with Gasteiger partial charge in [0.2, 0.25) is 0 Å². The maximum atomic E-state index is 13.6. The highest BCUT2D eigenvalue weighted by Crippen LogP contribution is 2.28. The van der Waals surface area contributed by atoms with Gasteiger partial charge in [-0.05, 0) is 53.0 Å². The van der Waals surface area contributed by atoms with Crippen LogP contribution < -0.4 is 4.74 Å². The number of hydrogen-bond acceptors (Lipinski definition) is 2. The first-order chi connectivity index (χ1) is 8.08. The van der Waals surface area contributed by atoms with E-state index in [0.29, 0.717) is 10.2 Å². The van der Waals surface area contributed by atoms with Gasteiger partial charge >= 0.3 is 0 Å². The minimum Gasteiger partial charge on any atom is -0.436 e. The van der Waals surface area contributed by atoms with Crippen molar-refractivity contribution in [2.45, 2.75) is 13.8 Å². The maximum absolute atomic E-state index is 13.6. The number of pyridine rings is 1. The monoisotopic (exact) mass is 295 g/mol. The predicted octanol–water partition coefficient (Wildman–Crippen LogP) is 4.39. The van der Waals surface area contributed by atoms with Crippen LogP contribution in [0.25, 0.3) is 0 Å². The molecule has 0 aliphatic rings. The zero-order valence-electron chi connectivity index (χ0n) is 9.50. The largest absolute Gasteiger partial charge is 0.436 e. The highest BCUT2D eigenvalue weighted by Gasteiger charge is 2.09. The van der Waals surface area contributed by atoms with Gasteiger partial charge < -0.3 is 4.74 Å². The Kier molecular flexibility index (Phi) is 3.43. The van der Waals surface area contributed by atoms with E-state index in [0.717, 1.165) is 11.1 Å². The highest BCUT2D eigenvalue weighted by atomic mass is 79.9. The normalized spacial score (nSPS) is 10.4. The van der Waals surface area contributed by atoms with Gasteiger partial charge in [0.25, 0.3) is 5.88 Å². The van der Waals surface area contributed by atoms with Crippen molar-refractivity contribution < 1.29 is 9.13 Å². The van der Waals surface area contributed by atoms with E-state index in [4.69, 9.17) is 4.74 Å². The van der Waals surface area contributed by atoms with Crippen LogP contribution in [-0.2, 0) is 0 Å². The van der Waals surface area contributed by atoms with Crippen LogP contribution in [0.1, 0.15) is 11.1 Å². The molecule has 1 heterocycles. The molecule has 2 aromatic rings. The van der Waals surface area contributed by atoms with Gasteiger partial charge in [-0.1, -0.05) is 12.1 Å². The van der Waals surface area contributed by atoms with Crippen molar-refractivity contribution >= 4 is 15.9 Å². The Morgan fingerprint density at radius 3 is 2.76 bits per heavy atom. The van der Waals surface area contributed by atoms with Crippen molar-refractivity contribution in [1.82, 2.24) is 4.98 Å². The third kappa shape index (κ3) is 2.64. The van der Waals surface area contributed by atoms with Crippen molar-refractivity contribution in [2.75, 3.05) is 0 Å². The average molecular weight is 296 g/mol. The molecule has 88 valence electrons. The third-order valence-electron chi connectivity index (χ3n) is 2.54. The van der Waals surface area contributed by atoms with Gasteiger partial charge in [-0.25, -0.2) is 9.37 Å². The average Bonchev–Trinajstić information content (AvgIpc) is 2.28. The van der Waals surface area contributed by atoms with Crippen molar-refractivity contribution in [1.29, 1.82) is 0 Å². The van der Waals surface area contributed by atoms with Crippen LogP contribution in [-0.4, -0.2) is 4.98 Å². The summed E-state index contributed by atoms with van der Waals surface area (Å²) in [7, 11) is 0. The fourth-order valence-corrected chi connectivity index (χ4v) is 1.72. The molecular weight excluding hydrogens is 285 g/mol. The molecule has 0 atom stereocenters. The Hall–Kier alpha value is -1.42. The summed E-state index contributed by atoms with van der Waals surface area (Å²) in [5.74, 6) is 0.126. The van der Waals surface area contributed by atoms with Gasteiger partial charge in [0.05, 0.1) is 0 Å². The molecule has 0 radical (unpaired) electrons. The smallest absolute Gasteiger partial charge is 0.255 e. The number of ether oxygens (including phenoxy) is 1. The first kappa shape index (κ1) is 12.0. The van der Waals surface area contributed by atoms with Gasteiger partial charge in [0.15, 0.2) is 5.82 Å². The summed E-state index contributed by atoms with van der Waals surface area (Å²) in [6.07, 6.45) is 1.50. The number of aromatic nitrogens is 1. The van der Waals surface area contributed by atoms with E-state index in [9.17, 15) is 4.39 Å². The molecule has 0 fully saturated rings. The van der Waals surface area contributed by atoms with Gasteiger partial charge in [-0.2, -0.15) is 0 Å². The molecule has 1 aromatic heterocycles. The molecule has 0 aliphatic heterocycles. The van der Waals surface area contributed by atoms with E-state index in [1.54, 1.807) is 6.07 Å². The minimum atomic E-state index is -0.486. The molecular formula is C13H11BrFNO. The van der Waals surface area contributed by atoms with Gasteiger partial charge in [-0.15, -0.1) is 0 Å². The molecule has 0 saturated carbocycles. The van der Waals surface area contributed by atoms with Gasteiger partial charge in [0.1, 0.15) is 5.75 Å². The molecule has 0 unspecified atom stereocenters. The lowest BCUT2D eigenvalue weighted by Gasteiger charge is -2.10. The van der Waals surface area contributed by atoms with Crippen LogP contribution in [0.4, 0.5) is 4.39 Å².